The molecule has 0 aliphatic carbocycles. The molecule has 6 heteroatoms. The topological polar surface area (TPSA) is 67.9 Å². The molecule has 2 rings (SSSR count). The first-order valence-corrected chi connectivity index (χ1v) is 9.54. The molecular formula is C22H28N2O4. The van der Waals surface area contributed by atoms with Crippen LogP contribution in [-0.4, -0.2) is 43.0 Å². The molecule has 2 aromatic rings. The van der Waals surface area contributed by atoms with Crippen LogP contribution in [0.3, 0.4) is 0 Å². The summed E-state index contributed by atoms with van der Waals surface area (Å²) in [6.45, 7) is 6.93. The molecular weight excluding hydrogens is 356 g/mol. The van der Waals surface area contributed by atoms with Crippen LogP contribution in [-0.2, 0) is 4.79 Å². The van der Waals surface area contributed by atoms with E-state index in [1.54, 1.807) is 48.4 Å². The molecule has 0 bridgehead atoms. The molecule has 28 heavy (non-hydrogen) atoms. The number of ether oxygens (including phenoxy) is 2. The van der Waals surface area contributed by atoms with Crippen molar-refractivity contribution in [3.63, 3.8) is 0 Å². The van der Waals surface area contributed by atoms with Crippen LogP contribution >= 0.6 is 0 Å². The average molecular weight is 384 g/mol. The Morgan fingerprint density at radius 1 is 0.964 bits per heavy atom. The van der Waals surface area contributed by atoms with Crippen LogP contribution in [0, 0.1) is 0 Å². The van der Waals surface area contributed by atoms with Gasteiger partial charge >= 0.3 is 0 Å². The molecule has 0 aromatic heterocycles. The first-order valence-electron chi connectivity index (χ1n) is 9.54. The van der Waals surface area contributed by atoms with Gasteiger partial charge in [0.1, 0.15) is 0 Å². The van der Waals surface area contributed by atoms with E-state index in [0.29, 0.717) is 42.3 Å². The van der Waals surface area contributed by atoms with Crippen LogP contribution in [0.1, 0.15) is 37.6 Å². The molecule has 0 aliphatic heterocycles. The lowest BCUT2D eigenvalue weighted by atomic mass is 10.1. The highest BCUT2D eigenvalue weighted by molar-refractivity contribution is 6.04. The zero-order valence-corrected chi connectivity index (χ0v) is 16.9. The van der Waals surface area contributed by atoms with Crippen molar-refractivity contribution in [1.29, 1.82) is 0 Å². The van der Waals surface area contributed by atoms with E-state index in [1.807, 2.05) is 32.9 Å². The van der Waals surface area contributed by atoms with E-state index in [1.165, 1.54) is 0 Å². The van der Waals surface area contributed by atoms with Gasteiger partial charge in [-0.25, -0.2) is 0 Å². The van der Waals surface area contributed by atoms with Crippen LogP contribution in [0.5, 0.6) is 11.5 Å². The largest absolute Gasteiger partial charge is 0.493 e. The number of amides is 2. The number of nitrogens with one attached hydrogen (secondary N) is 1. The summed E-state index contributed by atoms with van der Waals surface area (Å²) in [6.07, 6.45) is -0.247. The summed E-state index contributed by atoms with van der Waals surface area (Å²) < 4.78 is 11.2. The molecule has 0 spiro atoms. The van der Waals surface area contributed by atoms with Crippen molar-refractivity contribution in [1.82, 2.24) is 4.90 Å². The van der Waals surface area contributed by atoms with Crippen molar-refractivity contribution in [3.8, 4) is 11.5 Å². The number of methoxy groups -OCH3 is 1. The molecule has 2 aromatic carbocycles. The maximum atomic E-state index is 12.8. The summed E-state index contributed by atoms with van der Waals surface area (Å²) in [5.41, 5.74) is 0.943. The van der Waals surface area contributed by atoms with Gasteiger partial charge in [-0.2, -0.15) is 0 Å². The van der Waals surface area contributed by atoms with E-state index in [9.17, 15) is 9.59 Å². The molecule has 0 heterocycles. The molecule has 0 saturated heterocycles. The molecule has 6 nitrogen and oxygen atoms in total. The van der Waals surface area contributed by atoms with E-state index >= 15 is 0 Å². The van der Waals surface area contributed by atoms with Gasteiger partial charge in [0, 0.05) is 13.1 Å². The predicted molar refractivity (Wildman–Crippen MR) is 110 cm³/mol. The second kappa shape index (κ2) is 10.3. The van der Waals surface area contributed by atoms with E-state index in [4.69, 9.17) is 9.47 Å². The van der Waals surface area contributed by atoms with Crippen LogP contribution in [0.4, 0.5) is 5.69 Å². The van der Waals surface area contributed by atoms with Crippen LogP contribution < -0.4 is 14.8 Å². The Balaban J connectivity index is 2.20. The summed E-state index contributed by atoms with van der Waals surface area (Å²) >= 11 is 0. The summed E-state index contributed by atoms with van der Waals surface area (Å²) in [5.74, 6) is 0.637. The highest BCUT2D eigenvalue weighted by Gasteiger charge is 2.23. The molecule has 2 amide bonds. The van der Waals surface area contributed by atoms with Crippen LogP contribution in [0.15, 0.2) is 48.5 Å². The summed E-state index contributed by atoms with van der Waals surface area (Å²) in [4.78, 5) is 27.3. The standard InChI is InChI=1S/C22H28N2O4/c1-5-18(28-20-15-11-10-14-19(20)27-4)21(25)23-17-13-9-8-12-16(17)22(26)24(6-2)7-3/h8-15,18H,5-7H2,1-4H3,(H,23,25)/t18-/m0/s1. The summed E-state index contributed by atoms with van der Waals surface area (Å²) in [5, 5.41) is 2.85. The predicted octanol–water partition coefficient (Wildman–Crippen LogP) is 3.97. The van der Waals surface area contributed by atoms with Crippen LogP contribution in [0.25, 0.3) is 0 Å². The number of benzene rings is 2. The normalized spacial score (nSPS) is 11.4. The minimum absolute atomic E-state index is 0.111. The lowest BCUT2D eigenvalue weighted by Gasteiger charge is -2.22. The molecule has 150 valence electrons. The number of rotatable bonds is 9. The molecule has 0 unspecified atom stereocenters. The van der Waals surface area contributed by atoms with E-state index in [0.717, 1.165) is 0 Å². The SMILES string of the molecule is CC[C@H](Oc1ccccc1OC)C(=O)Nc1ccccc1C(=O)N(CC)CC. The zero-order valence-electron chi connectivity index (χ0n) is 16.9. The van der Waals surface area contributed by atoms with Crippen LogP contribution in [0.2, 0.25) is 0 Å². The van der Waals surface area contributed by atoms with Gasteiger partial charge in [0.15, 0.2) is 17.6 Å². The first kappa shape index (κ1) is 21.3. The third kappa shape index (κ3) is 5.03. The Morgan fingerprint density at radius 2 is 1.57 bits per heavy atom. The third-order valence-electron chi connectivity index (χ3n) is 4.47. The summed E-state index contributed by atoms with van der Waals surface area (Å²) in [6, 6.07) is 14.2. The molecule has 0 radical (unpaired) electrons. The number of hydrogen-bond donors (Lipinski definition) is 1. The average Bonchev–Trinajstić information content (AvgIpc) is 2.73. The van der Waals surface area contributed by atoms with Crippen molar-refractivity contribution in [2.75, 3.05) is 25.5 Å². The minimum atomic E-state index is -0.715. The lowest BCUT2D eigenvalue weighted by Crippen LogP contribution is -2.34. The Hall–Kier alpha value is -3.02. The Morgan fingerprint density at radius 3 is 2.18 bits per heavy atom. The van der Waals surface area contributed by atoms with E-state index in [2.05, 4.69) is 5.32 Å². The van der Waals surface area contributed by atoms with Gasteiger partial charge in [0.05, 0.1) is 18.4 Å². The molecule has 0 saturated carbocycles. The fourth-order valence-corrected chi connectivity index (χ4v) is 2.86. The fraction of sp³-hybridized carbons (Fsp3) is 0.364. The highest BCUT2D eigenvalue weighted by Crippen LogP contribution is 2.28. The van der Waals surface area contributed by atoms with Crippen molar-refractivity contribution < 1.29 is 19.1 Å². The monoisotopic (exact) mass is 384 g/mol. The maximum absolute atomic E-state index is 12.8. The van der Waals surface area contributed by atoms with Gasteiger partial charge < -0.3 is 19.7 Å². The highest BCUT2D eigenvalue weighted by atomic mass is 16.5. The smallest absolute Gasteiger partial charge is 0.265 e. The lowest BCUT2D eigenvalue weighted by molar-refractivity contribution is -0.122. The molecule has 0 aliphatic rings. The van der Waals surface area contributed by atoms with Gasteiger partial charge in [-0.05, 0) is 44.5 Å². The number of anilines is 1. The van der Waals surface area contributed by atoms with Gasteiger partial charge in [0.2, 0.25) is 0 Å². The Kier molecular flexibility index (Phi) is 7.87. The van der Waals surface area contributed by atoms with E-state index in [-0.39, 0.29) is 11.8 Å². The third-order valence-corrected chi connectivity index (χ3v) is 4.47. The number of nitrogens with zero attached hydrogens (tertiary/aromatic N) is 1. The Bertz CT molecular complexity index is 803. The quantitative estimate of drug-likeness (QED) is 0.710. The van der Waals surface area contributed by atoms with Gasteiger partial charge in [0.25, 0.3) is 11.8 Å². The number of carbonyl (C=O) groups is 2. The number of carbonyl (C=O) groups excluding carboxylic acids is 2. The van der Waals surface area contributed by atoms with E-state index < -0.39 is 6.10 Å². The van der Waals surface area contributed by atoms with Gasteiger partial charge in [-0.15, -0.1) is 0 Å². The fourth-order valence-electron chi connectivity index (χ4n) is 2.86. The van der Waals surface area contributed by atoms with Crippen molar-refractivity contribution in [2.45, 2.75) is 33.3 Å². The zero-order chi connectivity index (χ0) is 20.5. The second-order valence-corrected chi connectivity index (χ2v) is 6.18. The van der Waals surface area contributed by atoms with Gasteiger partial charge in [-0.3, -0.25) is 9.59 Å². The van der Waals surface area contributed by atoms with Gasteiger partial charge in [-0.1, -0.05) is 31.2 Å². The minimum Gasteiger partial charge on any atom is -0.493 e. The van der Waals surface area contributed by atoms with Crippen molar-refractivity contribution >= 4 is 17.5 Å². The Labute approximate surface area is 166 Å². The second-order valence-electron chi connectivity index (χ2n) is 6.18. The van der Waals surface area contributed by atoms with Crippen molar-refractivity contribution in [2.24, 2.45) is 0 Å². The van der Waals surface area contributed by atoms with Crippen molar-refractivity contribution in [3.05, 3.63) is 54.1 Å². The molecule has 0 fully saturated rings. The summed E-state index contributed by atoms with van der Waals surface area (Å²) in [7, 11) is 1.55. The first-order chi connectivity index (χ1) is 13.5. The number of para-hydroxylation sites is 3. The maximum Gasteiger partial charge on any atom is 0.265 e. The number of hydrogen-bond acceptors (Lipinski definition) is 4. The molecule has 1 atom stereocenters. The molecule has 1 N–H and O–H groups in total.